The van der Waals surface area contributed by atoms with Gasteiger partial charge >= 0.3 is 0 Å². The Bertz CT molecular complexity index is 1180. The van der Waals surface area contributed by atoms with Crippen LogP contribution in [0.5, 0.6) is 0 Å². The molecule has 0 aliphatic heterocycles. The van der Waals surface area contributed by atoms with Gasteiger partial charge in [-0.25, -0.2) is 4.98 Å². The number of fused-ring (bicyclic) bond motifs is 1. The summed E-state index contributed by atoms with van der Waals surface area (Å²) in [6.45, 7) is 2.00. The number of amides is 1. The van der Waals surface area contributed by atoms with Crippen molar-refractivity contribution in [2.75, 3.05) is 5.32 Å². The SMILES string of the molecule is Cc1ccc2nc(NC(=O)c3ccc(-c4cccc([N+](=O)[O-])c4)o3)sc2c1. The monoisotopic (exact) mass is 379 g/mol. The van der Waals surface area contributed by atoms with Gasteiger partial charge in [-0.05, 0) is 36.8 Å². The molecule has 27 heavy (non-hydrogen) atoms. The quantitative estimate of drug-likeness (QED) is 0.396. The van der Waals surface area contributed by atoms with Crippen molar-refractivity contribution in [3.05, 3.63) is 76.0 Å². The Balaban J connectivity index is 1.56. The number of nitrogens with one attached hydrogen (secondary N) is 1. The summed E-state index contributed by atoms with van der Waals surface area (Å²) < 4.78 is 6.56. The lowest BCUT2D eigenvalue weighted by atomic mass is 10.1. The van der Waals surface area contributed by atoms with Crippen LogP contribution in [-0.2, 0) is 0 Å². The summed E-state index contributed by atoms with van der Waals surface area (Å²) in [5, 5.41) is 14.1. The largest absolute Gasteiger partial charge is 0.451 e. The number of benzene rings is 2. The first-order valence-corrected chi connectivity index (χ1v) is 8.84. The highest BCUT2D eigenvalue weighted by Gasteiger charge is 2.16. The van der Waals surface area contributed by atoms with E-state index in [0.29, 0.717) is 16.5 Å². The fourth-order valence-electron chi connectivity index (χ4n) is 2.63. The van der Waals surface area contributed by atoms with Crippen LogP contribution in [0, 0.1) is 17.0 Å². The molecular weight excluding hydrogens is 366 g/mol. The van der Waals surface area contributed by atoms with Gasteiger partial charge in [-0.3, -0.25) is 20.2 Å². The van der Waals surface area contributed by atoms with Gasteiger partial charge in [-0.1, -0.05) is 29.5 Å². The van der Waals surface area contributed by atoms with Gasteiger partial charge in [0.25, 0.3) is 11.6 Å². The molecule has 8 heteroatoms. The molecule has 0 fully saturated rings. The molecule has 134 valence electrons. The van der Waals surface area contributed by atoms with E-state index < -0.39 is 10.8 Å². The number of non-ortho nitro benzene ring substituents is 1. The minimum absolute atomic E-state index is 0.0420. The molecular formula is C19H13N3O4S. The van der Waals surface area contributed by atoms with Crippen LogP contribution in [0.3, 0.4) is 0 Å². The molecule has 2 aromatic carbocycles. The highest BCUT2D eigenvalue weighted by atomic mass is 32.1. The van der Waals surface area contributed by atoms with Crippen LogP contribution in [0.2, 0.25) is 0 Å². The van der Waals surface area contributed by atoms with E-state index in [1.807, 2.05) is 25.1 Å². The molecule has 0 aliphatic rings. The summed E-state index contributed by atoms with van der Waals surface area (Å²) in [6.07, 6.45) is 0. The fourth-order valence-corrected chi connectivity index (χ4v) is 3.59. The number of hydrogen-bond donors (Lipinski definition) is 1. The molecule has 0 bridgehead atoms. The molecule has 0 saturated heterocycles. The topological polar surface area (TPSA) is 98.3 Å². The van der Waals surface area contributed by atoms with E-state index in [1.165, 1.54) is 29.5 Å². The Labute approximate surface area is 157 Å². The number of anilines is 1. The summed E-state index contributed by atoms with van der Waals surface area (Å²) in [5.74, 6) is 0.0539. The minimum Gasteiger partial charge on any atom is -0.451 e. The van der Waals surface area contributed by atoms with Crippen molar-refractivity contribution in [2.24, 2.45) is 0 Å². The lowest BCUT2D eigenvalue weighted by Crippen LogP contribution is -2.10. The zero-order valence-electron chi connectivity index (χ0n) is 14.1. The Hall–Kier alpha value is -3.52. The van der Waals surface area contributed by atoms with Gasteiger partial charge in [0.05, 0.1) is 15.1 Å². The van der Waals surface area contributed by atoms with Crippen molar-refractivity contribution in [3.63, 3.8) is 0 Å². The number of nitrogens with zero attached hydrogens (tertiary/aromatic N) is 2. The third-order valence-electron chi connectivity index (χ3n) is 3.94. The number of nitro groups is 1. The summed E-state index contributed by atoms with van der Waals surface area (Å²) in [6, 6.07) is 15.1. The number of aryl methyl sites for hydroxylation is 1. The number of furan rings is 1. The lowest BCUT2D eigenvalue weighted by Gasteiger charge is -1.99. The van der Waals surface area contributed by atoms with Crippen LogP contribution in [-0.4, -0.2) is 15.8 Å². The van der Waals surface area contributed by atoms with Crippen LogP contribution in [0.1, 0.15) is 16.1 Å². The Kier molecular flexibility index (Phi) is 4.17. The highest BCUT2D eigenvalue weighted by molar-refractivity contribution is 7.22. The minimum atomic E-state index is -0.477. The molecule has 0 radical (unpaired) electrons. The first-order chi connectivity index (χ1) is 13.0. The van der Waals surface area contributed by atoms with Crippen LogP contribution in [0.4, 0.5) is 10.8 Å². The Morgan fingerprint density at radius 3 is 2.85 bits per heavy atom. The summed E-state index contributed by atoms with van der Waals surface area (Å²) in [7, 11) is 0. The van der Waals surface area contributed by atoms with Crippen molar-refractivity contribution in [2.45, 2.75) is 6.92 Å². The normalized spacial score (nSPS) is 10.9. The number of carbonyl (C=O) groups is 1. The summed E-state index contributed by atoms with van der Waals surface area (Å²) in [4.78, 5) is 27.2. The lowest BCUT2D eigenvalue weighted by molar-refractivity contribution is -0.384. The van der Waals surface area contributed by atoms with Gasteiger partial charge in [-0.2, -0.15) is 0 Å². The van der Waals surface area contributed by atoms with Crippen molar-refractivity contribution in [1.29, 1.82) is 0 Å². The van der Waals surface area contributed by atoms with E-state index in [0.717, 1.165) is 15.8 Å². The highest BCUT2D eigenvalue weighted by Crippen LogP contribution is 2.28. The molecule has 7 nitrogen and oxygen atoms in total. The predicted molar refractivity (Wildman–Crippen MR) is 103 cm³/mol. The van der Waals surface area contributed by atoms with E-state index in [2.05, 4.69) is 10.3 Å². The molecule has 2 aromatic heterocycles. The molecule has 0 aliphatic carbocycles. The second-order valence-corrected chi connectivity index (χ2v) is 6.95. The Morgan fingerprint density at radius 2 is 2.04 bits per heavy atom. The molecule has 0 atom stereocenters. The summed E-state index contributed by atoms with van der Waals surface area (Å²) >= 11 is 1.38. The molecule has 1 N–H and O–H groups in total. The zero-order valence-corrected chi connectivity index (χ0v) is 14.9. The average molecular weight is 379 g/mol. The van der Waals surface area contributed by atoms with Gasteiger partial charge in [-0.15, -0.1) is 0 Å². The van der Waals surface area contributed by atoms with Crippen molar-refractivity contribution in [3.8, 4) is 11.3 Å². The third kappa shape index (κ3) is 3.42. The van der Waals surface area contributed by atoms with Crippen LogP contribution in [0.25, 0.3) is 21.5 Å². The van der Waals surface area contributed by atoms with Crippen LogP contribution >= 0.6 is 11.3 Å². The number of thiazole rings is 1. The maximum atomic E-state index is 12.4. The van der Waals surface area contributed by atoms with Gasteiger partial charge in [0.1, 0.15) is 5.76 Å². The third-order valence-corrected chi connectivity index (χ3v) is 4.87. The molecule has 4 rings (SSSR count). The first kappa shape index (κ1) is 16.9. The molecule has 2 heterocycles. The maximum Gasteiger partial charge on any atom is 0.293 e. The fraction of sp³-hybridized carbons (Fsp3) is 0.0526. The van der Waals surface area contributed by atoms with E-state index >= 15 is 0 Å². The molecule has 4 aromatic rings. The number of carbonyl (C=O) groups excluding carboxylic acids is 1. The number of aromatic nitrogens is 1. The van der Waals surface area contributed by atoms with Crippen molar-refractivity contribution in [1.82, 2.24) is 4.98 Å². The van der Waals surface area contributed by atoms with Gasteiger partial charge < -0.3 is 4.42 Å². The average Bonchev–Trinajstić information content (AvgIpc) is 3.28. The smallest absolute Gasteiger partial charge is 0.293 e. The number of nitro benzene ring substituents is 1. The van der Waals surface area contributed by atoms with E-state index in [1.54, 1.807) is 18.2 Å². The van der Waals surface area contributed by atoms with Crippen molar-refractivity contribution >= 4 is 38.3 Å². The van der Waals surface area contributed by atoms with Gasteiger partial charge in [0, 0.05) is 17.7 Å². The second kappa shape index (κ2) is 6.65. The molecule has 0 spiro atoms. The molecule has 1 amide bonds. The second-order valence-electron chi connectivity index (χ2n) is 5.92. The van der Waals surface area contributed by atoms with Crippen LogP contribution in [0.15, 0.2) is 59.0 Å². The zero-order chi connectivity index (χ0) is 19.0. The van der Waals surface area contributed by atoms with E-state index in [-0.39, 0.29) is 11.4 Å². The van der Waals surface area contributed by atoms with Gasteiger partial charge in [0.2, 0.25) is 0 Å². The van der Waals surface area contributed by atoms with Crippen molar-refractivity contribution < 1.29 is 14.1 Å². The van der Waals surface area contributed by atoms with Gasteiger partial charge in [0.15, 0.2) is 10.9 Å². The van der Waals surface area contributed by atoms with E-state index in [9.17, 15) is 14.9 Å². The Morgan fingerprint density at radius 1 is 1.19 bits per heavy atom. The summed E-state index contributed by atoms with van der Waals surface area (Å²) in [5.41, 5.74) is 2.42. The number of hydrogen-bond acceptors (Lipinski definition) is 6. The van der Waals surface area contributed by atoms with Crippen LogP contribution < -0.4 is 5.32 Å². The predicted octanol–water partition coefficient (Wildman–Crippen LogP) is 5.03. The molecule has 0 saturated carbocycles. The maximum absolute atomic E-state index is 12.4. The number of rotatable bonds is 4. The van der Waals surface area contributed by atoms with E-state index in [4.69, 9.17) is 4.42 Å². The first-order valence-electron chi connectivity index (χ1n) is 8.03. The molecule has 0 unspecified atom stereocenters. The standard InChI is InChI=1S/C19H13N3O4S/c1-11-5-6-14-17(9-11)27-19(20-14)21-18(23)16-8-7-15(26-16)12-3-2-4-13(10-12)22(24)25/h2-10H,1H3,(H,20,21,23).